The van der Waals surface area contributed by atoms with Gasteiger partial charge in [0.25, 0.3) is 0 Å². The topological polar surface area (TPSA) is 39.1 Å². The lowest BCUT2D eigenvalue weighted by Crippen LogP contribution is -2.31. The first-order valence-electron chi connectivity index (χ1n) is 6.07. The standard InChI is InChI=1S/C12H20BrN3O/c1-8-12(13)9(2)16(15-8)11(7-17-3)6-14-10-4-5-10/h10-11,14H,4-7H2,1-3H3. The van der Waals surface area contributed by atoms with E-state index in [4.69, 9.17) is 4.74 Å². The Hall–Kier alpha value is -0.390. The quantitative estimate of drug-likeness (QED) is 0.875. The molecule has 0 radical (unpaired) electrons. The van der Waals surface area contributed by atoms with Crippen LogP contribution in [0.2, 0.25) is 0 Å². The van der Waals surface area contributed by atoms with Gasteiger partial charge in [-0.2, -0.15) is 5.10 Å². The summed E-state index contributed by atoms with van der Waals surface area (Å²) in [6.45, 7) is 5.72. The van der Waals surface area contributed by atoms with Gasteiger partial charge in [-0.05, 0) is 42.6 Å². The van der Waals surface area contributed by atoms with Gasteiger partial charge in [-0.1, -0.05) is 0 Å². The molecule has 5 heteroatoms. The Labute approximate surface area is 111 Å². The van der Waals surface area contributed by atoms with Crippen LogP contribution in [0, 0.1) is 13.8 Å². The van der Waals surface area contributed by atoms with E-state index in [1.807, 2.05) is 6.92 Å². The molecule has 4 nitrogen and oxygen atoms in total. The summed E-state index contributed by atoms with van der Waals surface area (Å²) in [6, 6.07) is 0.986. The van der Waals surface area contributed by atoms with E-state index in [-0.39, 0.29) is 6.04 Å². The molecule has 1 aliphatic rings. The molecule has 0 amide bonds. The van der Waals surface area contributed by atoms with Gasteiger partial charge in [-0.25, -0.2) is 0 Å². The monoisotopic (exact) mass is 301 g/mol. The Morgan fingerprint density at radius 2 is 2.24 bits per heavy atom. The molecule has 0 aromatic carbocycles. The van der Waals surface area contributed by atoms with Gasteiger partial charge in [-0.3, -0.25) is 4.68 Å². The highest BCUT2D eigenvalue weighted by atomic mass is 79.9. The largest absolute Gasteiger partial charge is 0.382 e. The Balaban J connectivity index is 2.09. The Morgan fingerprint density at radius 1 is 1.53 bits per heavy atom. The molecule has 0 bridgehead atoms. The first kappa shape index (κ1) is 13.1. The molecular weight excluding hydrogens is 282 g/mol. The highest BCUT2D eigenvalue weighted by molar-refractivity contribution is 9.10. The van der Waals surface area contributed by atoms with E-state index < -0.39 is 0 Å². The second-order valence-corrected chi connectivity index (χ2v) is 5.51. The van der Waals surface area contributed by atoms with Crippen LogP contribution in [-0.2, 0) is 4.74 Å². The number of hydrogen-bond donors (Lipinski definition) is 1. The van der Waals surface area contributed by atoms with Crippen molar-refractivity contribution in [2.45, 2.75) is 38.8 Å². The highest BCUT2D eigenvalue weighted by Gasteiger charge is 2.24. The van der Waals surface area contributed by atoms with E-state index in [0.29, 0.717) is 6.61 Å². The van der Waals surface area contributed by atoms with E-state index in [1.54, 1.807) is 7.11 Å². The van der Waals surface area contributed by atoms with Gasteiger partial charge in [0.1, 0.15) is 0 Å². The van der Waals surface area contributed by atoms with Crippen LogP contribution < -0.4 is 5.32 Å². The fourth-order valence-corrected chi connectivity index (χ4v) is 2.26. The van der Waals surface area contributed by atoms with E-state index in [2.05, 4.69) is 38.0 Å². The van der Waals surface area contributed by atoms with Crippen LogP contribution in [0.4, 0.5) is 0 Å². The zero-order valence-corrected chi connectivity index (χ0v) is 12.2. The Kier molecular flexibility index (Phi) is 4.22. The summed E-state index contributed by atoms with van der Waals surface area (Å²) in [7, 11) is 1.74. The van der Waals surface area contributed by atoms with E-state index in [1.165, 1.54) is 18.5 Å². The summed E-state index contributed by atoms with van der Waals surface area (Å²) in [6.07, 6.45) is 2.61. The van der Waals surface area contributed by atoms with Crippen molar-refractivity contribution in [2.24, 2.45) is 0 Å². The normalized spacial score (nSPS) is 17.4. The Morgan fingerprint density at radius 3 is 2.71 bits per heavy atom. The van der Waals surface area contributed by atoms with Crippen molar-refractivity contribution >= 4 is 15.9 Å². The molecule has 17 heavy (non-hydrogen) atoms. The van der Waals surface area contributed by atoms with Crippen LogP contribution in [0.5, 0.6) is 0 Å². The third-order valence-corrected chi connectivity index (χ3v) is 4.31. The third kappa shape index (κ3) is 3.09. The first-order chi connectivity index (χ1) is 8.13. The molecule has 2 rings (SSSR count). The van der Waals surface area contributed by atoms with Gasteiger partial charge in [0.15, 0.2) is 0 Å². The fourth-order valence-electron chi connectivity index (χ4n) is 2.00. The van der Waals surface area contributed by atoms with Crippen LogP contribution in [0.25, 0.3) is 0 Å². The summed E-state index contributed by atoms with van der Waals surface area (Å²) in [5, 5.41) is 8.12. The van der Waals surface area contributed by atoms with Crippen LogP contribution in [-0.4, -0.2) is 36.1 Å². The minimum atomic E-state index is 0.269. The van der Waals surface area contributed by atoms with Gasteiger partial charge in [0.2, 0.25) is 0 Å². The average molecular weight is 302 g/mol. The summed E-state index contributed by atoms with van der Waals surface area (Å²) < 4.78 is 8.47. The SMILES string of the molecule is COCC(CNC1CC1)n1nc(C)c(Br)c1C. The smallest absolute Gasteiger partial charge is 0.0880 e. The van der Waals surface area contributed by atoms with Crippen molar-refractivity contribution in [1.29, 1.82) is 0 Å². The number of ether oxygens (including phenoxy) is 1. The zero-order chi connectivity index (χ0) is 12.4. The number of halogens is 1. The molecule has 1 aromatic rings. The zero-order valence-electron chi connectivity index (χ0n) is 10.7. The molecule has 0 aliphatic heterocycles. The predicted octanol–water partition coefficient (Wildman–Crippen LogP) is 2.20. The second kappa shape index (κ2) is 5.50. The van der Waals surface area contributed by atoms with Crippen molar-refractivity contribution in [1.82, 2.24) is 15.1 Å². The van der Waals surface area contributed by atoms with Crippen LogP contribution in [0.3, 0.4) is 0 Å². The van der Waals surface area contributed by atoms with Gasteiger partial charge < -0.3 is 10.1 Å². The maximum atomic E-state index is 5.30. The van der Waals surface area contributed by atoms with Crippen molar-refractivity contribution in [3.05, 3.63) is 15.9 Å². The molecular formula is C12H20BrN3O. The molecule has 1 N–H and O–H groups in total. The number of rotatable bonds is 6. The molecule has 1 heterocycles. The summed E-state index contributed by atoms with van der Waals surface area (Å²) in [4.78, 5) is 0. The van der Waals surface area contributed by atoms with E-state index in [0.717, 1.165) is 22.8 Å². The molecule has 1 fully saturated rings. The van der Waals surface area contributed by atoms with Crippen molar-refractivity contribution in [3.63, 3.8) is 0 Å². The summed E-state index contributed by atoms with van der Waals surface area (Å²) in [5.41, 5.74) is 2.21. The molecule has 0 saturated heterocycles. The van der Waals surface area contributed by atoms with E-state index in [9.17, 15) is 0 Å². The maximum Gasteiger partial charge on any atom is 0.0880 e. The second-order valence-electron chi connectivity index (χ2n) is 4.72. The minimum absolute atomic E-state index is 0.269. The molecule has 1 atom stereocenters. The molecule has 1 unspecified atom stereocenters. The average Bonchev–Trinajstić information content (AvgIpc) is 3.09. The van der Waals surface area contributed by atoms with Gasteiger partial charge in [0, 0.05) is 19.7 Å². The summed E-state index contributed by atoms with van der Waals surface area (Å²) in [5.74, 6) is 0. The number of aromatic nitrogens is 2. The van der Waals surface area contributed by atoms with Crippen molar-refractivity contribution in [2.75, 3.05) is 20.3 Å². The number of methoxy groups -OCH3 is 1. The molecule has 1 saturated carbocycles. The minimum Gasteiger partial charge on any atom is -0.382 e. The lowest BCUT2D eigenvalue weighted by molar-refractivity contribution is 0.146. The first-order valence-corrected chi connectivity index (χ1v) is 6.86. The lowest BCUT2D eigenvalue weighted by atomic mass is 10.3. The van der Waals surface area contributed by atoms with Gasteiger partial charge in [-0.15, -0.1) is 0 Å². The molecule has 1 aliphatic carbocycles. The van der Waals surface area contributed by atoms with E-state index >= 15 is 0 Å². The highest BCUT2D eigenvalue weighted by Crippen LogP contribution is 2.24. The number of aryl methyl sites for hydroxylation is 1. The third-order valence-electron chi connectivity index (χ3n) is 3.16. The van der Waals surface area contributed by atoms with Crippen LogP contribution in [0.15, 0.2) is 4.47 Å². The predicted molar refractivity (Wildman–Crippen MR) is 71.3 cm³/mol. The lowest BCUT2D eigenvalue weighted by Gasteiger charge is -2.19. The number of nitrogens with one attached hydrogen (secondary N) is 1. The van der Waals surface area contributed by atoms with Gasteiger partial charge in [0.05, 0.1) is 28.5 Å². The van der Waals surface area contributed by atoms with Crippen molar-refractivity contribution in [3.8, 4) is 0 Å². The summed E-state index contributed by atoms with van der Waals surface area (Å²) >= 11 is 3.57. The molecule has 0 spiro atoms. The van der Waals surface area contributed by atoms with Crippen molar-refractivity contribution < 1.29 is 4.74 Å². The molecule has 96 valence electrons. The van der Waals surface area contributed by atoms with Crippen LogP contribution >= 0.6 is 15.9 Å². The Bertz CT molecular complexity index is 387. The maximum absolute atomic E-state index is 5.30. The number of nitrogens with zero attached hydrogens (tertiary/aromatic N) is 2. The number of hydrogen-bond acceptors (Lipinski definition) is 3. The molecule has 1 aromatic heterocycles. The fraction of sp³-hybridized carbons (Fsp3) is 0.750. The van der Waals surface area contributed by atoms with Gasteiger partial charge >= 0.3 is 0 Å². The van der Waals surface area contributed by atoms with Crippen LogP contribution in [0.1, 0.15) is 30.3 Å².